The monoisotopic (exact) mass is 379 g/mol. The number of para-hydroxylation sites is 1. The Morgan fingerprint density at radius 3 is 2.46 bits per heavy atom. The first-order valence-corrected chi connectivity index (χ1v) is 10.1. The molecule has 0 aliphatic heterocycles. The zero-order chi connectivity index (χ0) is 19.5. The molecule has 2 N–H and O–H groups in total. The molecular formula is C22H29N5O. The van der Waals surface area contributed by atoms with Crippen LogP contribution in [0.2, 0.25) is 0 Å². The van der Waals surface area contributed by atoms with Gasteiger partial charge in [-0.15, -0.1) is 0 Å². The van der Waals surface area contributed by atoms with Gasteiger partial charge in [-0.05, 0) is 56.9 Å². The molecule has 1 aliphatic rings. The molecule has 2 aromatic heterocycles. The van der Waals surface area contributed by atoms with Crippen LogP contribution < -0.4 is 15.5 Å². The molecule has 4 rings (SSSR count). The van der Waals surface area contributed by atoms with Crippen molar-refractivity contribution in [2.45, 2.75) is 51.2 Å². The van der Waals surface area contributed by atoms with Gasteiger partial charge in [0.1, 0.15) is 17.3 Å². The lowest BCUT2D eigenvalue weighted by Crippen LogP contribution is -2.36. The number of nitrogens with zero attached hydrogens (tertiary/aromatic N) is 3. The fraction of sp³-hybridized carbons (Fsp3) is 0.455. The smallest absolute Gasteiger partial charge is 0.225 e. The van der Waals surface area contributed by atoms with Gasteiger partial charge in [0.25, 0.3) is 0 Å². The lowest BCUT2D eigenvalue weighted by Gasteiger charge is -2.30. The molecule has 6 nitrogen and oxygen atoms in total. The van der Waals surface area contributed by atoms with Crippen LogP contribution >= 0.6 is 0 Å². The standard InChI is InChI=1S/C22H29N5O/c1-15-8-13-18(28-15)14-23-16-9-11-17(12-10-16)24-22-25-20-7-5-4-6-19(20)21(26-22)27(2)3/h4-8,13,16-17,23H,9-12,14H2,1-3H3,(H,24,25,26). The highest BCUT2D eigenvalue weighted by Crippen LogP contribution is 2.26. The third-order valence-corrected chi connectivity index (χ3v) is 5.43. The Kier molecular flexibility index (Phi) is 5.48. The van der Waals surface area contributed by atoms with Gasteiger partial charge in [-0.1, -0.05) is 12.1 Å². The van der Waals surface area contributed by atoms with Crippen LogP contribution in [0.4, 0.5) is 11.8 Å². The van der Waals surface area contributed by atoms with Gasteiger partial charge in [-0.3, -0.25) is 0 Å². The van der Waals surface area contributed by atoms with Gasteiger partial charge in [0, 0.05) is 31.6 Å². The summed E-state index contributed by atoms with van der Waals surface area (Å²) in [6.07, 6.45) is 4.52. The molecule has 1 aromatic carbocycles. The zero-order valence-electron chi connectivity index (χ0n) is 16.9. The van der Waals surface area contributed by atoms with Crippen LogP contribution in [0.5, 0.6) is 0 Å². The lowest BCUT2D eigenvalue weighted by atomic mass is 9.91. The summed E-state index contributed by atoms with van der Waals surface area (Å²) in [5.41, 5.74) is 0.979. The van der Waals surface area contributed by atoms with E-state index in [0.29, 0.717) is 12.1 Å². The summed E-state index contributed by atoms with van der Waals surface area (Å²) < 4.78 is 5.64. The van der Waals surface area contributed by atoms with E-state index < -0.39 is 0 Å². The predicted octanol–water partition coefficient (Wildman–Crippen LogP) is 4.11. The molecule has 0 unspecified atom stereocenters. The summed E-state index contributed by atoms with van der Waals surface area (Å²) in [7, 11) is 4.05. The highest BCUT2D eigenvalue weighted by molar-refractivity contribution is 5.90. The first-order chi connectivity index (χ1) is 13.6. The van der Waals surface area contributed by atoms with Gasteiger partial charge in [0.05, 0.1) is 12.1 Å². The second-order valence-electron chi connectivity index (χ2n) is 7.87. The van der Waals surface area contributed by atoms with Crippen molar-refractivity contribution in [3.05, 3.63) is 47.9 Å². The van der Waals surface area contributed by atoms with E-state index in [2.05, 4.69) is 22.8 Å². The molecule has 1 saturated carbocycles. The predicted molar refractivity (Wildman–Crippen MR) is 114 cm³/mol. The molecule has 0 amide bonds. The molecule has 28 heavy (non-hydrogen) atoms. The van der Waals surface area contributed by atoms with Crippen molar-refractivity contribution in [3.63, 3.8) is 0 Å². The number of rotatable bonds is 6. The lowest BCUT2D eigenvalue weighted by molar-refractivity contribution is 0.338. The number of benzene rings is 1. The highest BCUT2D eigenvalue weighted by Gasteiger charge is 2.22. The number of furan rings is 1. The summed E-state index contributed by atoms with van der Waals surface area (Å²) in [5, 5.41) is 8.28. The maximum absolute atomic E-state index is 5.64. The van der Waals surface area contributed by atoms with Crippen molar-refractivity contribution in [2.75, 3.05) is 24.3 Å². The number of hydrogen-bond donors (Lipinski definition) is 2. The Morgan fingerprint density at radius 2 is 1.75 bits per heavy atom. The fourth-order valence-corrected chi connectivity index (χ4v) is 3.91. The molecule has 0 atom stereocenters. The number of fused-ring (bicyclic) bond motifs is 1. The molecule has 0 spiro atoms. The average Bonchev–Trinajstić information content (AvgIpc) is 3.12. The Bertz CT molecular complexity index is 928. The first kappa shape index (κ1) is 18.7. The fourth-order valence-electron chi connectivity index (χ4n) is 3.91. The third kappa shape index (κ3) is 4.28. The minimum atomic E-state index is 0.417. The van der Waals surface area contributed by atoms with Crippen molar-refractivity contribution < 1.29 is 4.42 Å². The van der Waals surface area contributed by atoms with Gasteiger partial charge in [-0.25, -0.2) is 4.98 Å². The number of nitrogens with one attached hydrogen (secondary N) is 2. The molecule has 0 bridgehead atoms. The van der Waals surface area contributed by atoms with E-state index in [1.54, 1.807) is 0 Å². The summed E-state index contributed by atoms with van der Waals surface area (Å²) in [4.78, 5) is 11.5. The second kappa shape index (κ2) is 8.19. The van der Waals surface area contributed by atoms with Crippen molar-refractivity contribution in [1.29, 1.82) is 0 Å². The van der Waals surface area contributed by atoms with Crippen molar-refractivity contribution in [1.82, 2.24) is 15.3 Å². The van der Waals surface area contributed by atoms with E-state index in [1.165, 1.54) is 0 Å². The topological polar surface area (TPSA) is 66.2 Å². The minimum Gasteiger partial charge on any atom is -0.465 e. The van der Waals surface area contributed by atoms with E-state index >= 15 is 0 Å². The van der Waals surface area contributed by atoms with Crippen molar-refractivity contribution in [3.8, 4) is 0 Å². The summed E-state index contributed by atoms with van der Waals surface area (Å²) >= 11 is 0. The number of hydrogen-bond acceptors (Lipinski definition) is 6. The quantitative estimate of drug-likeness (QED) is 0.672. The first-order valence-electron chi connectivity index (χ1n) is 10.1. The number of anilines is 2. The molecule has 1 fully saturated rings. The van der Waals surface area contributed by atoms with Crippen LogP contribution in [-0.4, -0.2) is 36.1 Å². The van der Waals surface area contributed by atoms with Gasteiger partial charge in [0.2, 0.25) is 5.95 Å². The van der Waals surface area contributed by atoms with E-state index in [0.717, 1.165) is 66.4 Å². The molecule has 3 aromatic rings. The summed E-state index contributed by atoms with van der Waals surface area (Å²) in [6.45, 7) is 2.79. The van der Waals surface area contributed by atoms with Gasteiger partial charge < -0.3 is 20.0 Å². The van der Waals surface area contributed by atoms with Crippen molar-refractivity contribution in [2.24, 2.45) is 0 Å². The molecule has 0 saturated heterocycles. The van der Waals surface area contributed by atoms with Gasteiger partial charge in [-0.2, -0.15) is 4.98 Å². The molecule has 1 aliphatic carbocycles. The minimum absolute atomic E-state index is 0.417. The van der Waals surface area contributed by atoms with Crippen LogP contribution in [0.3, 0.4) is 0 Å². The van der Waals surface area contributed by atoms with Crippen LogP contribution in [0.25, 0.3) is 10.9 Å². The van der Waals surface area contributed by atoms with Crippen LogP contribution in [0.15, 0.2) is 40.8 Å². The third-order valence-electron chi connectivity index (χ3n) is 5.43. The Balaban J connectivity index is 1.35. The molecule has 0 radical (unpaired) electrons. The average molecular weight is 380 g/mol. The number of aryl methyl sites for hydroxylation is 1. The number of aromatic nitrogens is 2. The van der Waals surface area contributed by atoms with Crippen LogP contribution in [0.1, 0.15) is 37.2 Å². The Labute approximate surface area is 166 Å². The van der Waals surface area contributed by atoms with Crippen LogP contribution in [-0.2, 0) is 6.54 Å². The van der Waals surface area contributed by atoms with Crippen LogP contribution in [0, 0.1) is 6.92 Å². The summed E-state index contributed by atoms with van der Waals surface area (Å²) in [6, 6.07) is 13.2. The zero-order valence-corrected chi connectivity index (χ0v) is 16.9. The molecule has 2 heterocycles. The maximum atomic E-state index is 5.64. The second-order valence-corrected chi connectivity index (χ2v) is 7.87. The molecular weight excluding hydrogens is 350 g/mol. The molecule has 148 valence electrons. The SMILES string of the molecule is Cc1ccc(CNC2CCC(Nc3nc(N(C)C)c4ccccc4n3)CC2)o1. The maximum Gasteiger partial charge on any atom is 0.225 e. The van der Waals surface area contributed by atoms with E-state index in [9.17, 15) is 0 Å². The highest BCUT2D eigenvalue weighted by atomic mass is 16.3. The van der Waals surface area contributed by atoms with Gasteiger partial charge in [0.15, 0.2) is 0 Å². The summed E-state index contributed by atoms with van der Waals surface area (Å²) in [5.74, 6) is 3.66. The van der Waals surface area contributed by atoms with E-state index in [-0.39, 0.29) is 0 Å². The normalized spacial score (nSPS) is 19.7. The van der Waals surface area contributed by atoms with Crippen molar-refractivity contribution >= 4 is 22.7 Å². The Morgan fingerprint density at radius 1 is 1.00 bits per heavy atom. The van der Waals surface area contributed by atoms with E-state index in [4.69, 9.17) is 14.4 Å². The Hall–Kier alpha value is -2.60. The largest absolute Gasteiger partial charge is 0.465 e. The van der Waals surface area contributed by atoms with Gasteiger partial charge >= 0.3 is 0 Å². The molecule has 6 heteroatoms. The van der Waals surface area contributed by atoms with E-state index in [1.807, 2.05) is 50.2 Å².